The van der Waals surface area contributed by atoms with Gasteiger partial charge >= 0.3 is 11.9 Å². The van der Waals surface area contributed by atoms with Crippen molar-refractivity contribution in [3.8, 4) is 0 Å². The molecule has 416 valence electrons. The van der Waals surface area contributed by atoms with Crippen molar-refractivity contribution in [2.45, 2.75) is 269 Å². The molecule has 1 aliphatic rings. The normalized spacial score (nSPS) is 18.5. The van der Waals surface area contributed by atoms with Crippen LogP contribution in [0.1, 0.15) is 220 Å². The maximum absolute atomic E-state index is 14.0. The monoisotopic (exact) mass is 1020 g/mol. The van der Waals surface area contributed by atoms with Crippen molar-refractivity contribution in [2.75, 3.05) is 20.2 Å². The summed E-state index contributed by atoms with van der Waals surface area (Å²) >= 11 is 0. The number of nitrogens with zero attached hydrogens (tertiary/aromatic N) is 1. The Hall–Kier alpha value is -3.62. The predicted molar refractivity (Wildman–Crippen MR) is 278 cm³/mol. The molecule has 0 bridgehead atoms. The first kappa shape index (κ1) is 67.4. The number of nitrogens with two attached hydrogens (primary N) is 3. The molecule has 3 amide bonds. The van der Waals surface area contributed by atoms with Gasteiger partial charge in [0.05, 0.1) is 12.7 Å². The minimum absolute atomic E-state index is 0.0129. The Labute approximate surface area is 426 Å². The summed E-state index contributed by atoms with van der Waals surface area (Å²) in [6.07, 6.45) is 25.7. The Morgan fingerprint density at radius 3 is 1.42 bits per heavy atom. The SMILES string of the molecule is CCCCCCCCCCCCCCCC(CCCCCCCCCCCCCC)C(=O)N[C@H](CO[C@@H]1O[C@H]([C@H](C)O)[C@@H](O)[C@@H]1O)C(=O)N[C@@H](CCC(=O)O)C(=O)NC.NC(N)=NCCC[C@H](N)C(=O)O. The lowest BCUT2D eigenvalue weighted by atomic mass is 9.93. The van der Waals surface area contributed by atoms with E-state index in [-0.39, 0.29) is 30.6 Å². The quantitative estimate of drug-likeness (QED) is 0.0188. The van der Waals surface area contributed by atoms with Crippen molar-refractivity contribution >= 4 is 35.6 Å². The van der Waals surface area contributed by atoms with Gasteiger partial charge in [-0.15, -0.1) is 0 Å². The second-order valence-electron chi connectivity index (χ2n) is 19.5. The molecule has 1 heterocycles. The molecule has 0 saturated carbocycles. The van der Waals surface area contributed by atoms with Crippen LogP contribution in [-0.4, -0.2) is 130 Å². The average molecular weight is 1020 g/mol. The summed E-state index contributed by atoms with van der Waals surface area (Å²) in [5.74, 6) is -4.13. The van der Waals surface area contributed by atoms with Gasteiger partial charge in [-0.05, 0) is 39.0 Å². The van der Waals surface area contributed by atoms with Crippen molar-refractivity contribution in [1.29, 1.82) is 0 Å². The molecule has 0 aromatic rings. The van der Waals surface area contributed by atoms with Crippen LogP contribution in [0.5, 0.6) is 0 Å². The number of likely N-dealkylation sites (N-methyl/N-ethyl adjacent to an activating group) is 1. The van der Waals surface area contributed by atoms with Crippen molar-refractivity contribution < 1.29 is 59.0 Å². The zero-order valence-corrected chi connectivity index (χ0v) is 44.3. The Bertz CT molecular complexity index is 1420. The molecule has 19 nitrogen and oxygen atoms in total. The standard InChI is InChI=1S/C46H87N3O10.C6H14N4O2/c1-5-7-9-11-13-15-17-19-21-23-25-27-29-31-36(30-28-26-24-22-20-18-16-14-12-10-8-6-2)43(55)49-38(34-58-46-41(54)40(53)42(59-46)35(3)50)45(57)48-37(44(56)47-4)32-33-39(51)52;7-4(5(11)12)2-1-3-10-6(8)9/h35-38,40-42,46,50,53-54H,5-34H2,1-4H3,(H,47,56)(H,48,57)(H,49,55)(H,51,52);4H,1-3,7H2,(H,11,12)(H4,8,9,10)/t35-,36?,37-,38+,40-,41-,42+,46+;4-/m00/s1. The highest BCUT2D eigenvalue weighted by Gasteiger charge is 2.46. The number of aliphatic hydroxyl groups is 3. The number of carbonyl (C=O) groups is 5. The van der Waals surface area contributed by atoms with Crippen LogP contribution in [0.3, 0.4) is 0 Å². The number of carboxylic acids is 2. The van der Waals surface area contributed by atoms with Crippen LogP contribution in [0, 0.1) is 5.92 Å². The highest BCUT2D eigenvalue weighted by Crippen LogP contribution is 2.25. The van der Waals surface area contributed by atoms with Gasteiger partial charge in [0.1, 0.15) is 36.4 Å². The van der Waals surface area contributed by atoms with E-state index in [0.717, 1.165) is 38.5 Å². The third-order valence-electron chi connectivity index (χ3n) is 13.0. The first-order valence-corrected chi connectivity index (χ1v) is 27.4. The molecule has 0 aromatic carbocycles. The van der Waals surface area contributed by atoms with Gasteiger partial charge in [0, 0.05) is 25.9 Å². The number of aliphatic imine (C=N–C) groups is 1. The Morgan fingerprint density at radius 1 is 0.606 bits per heavy atom. The van der Waals surface area contributed by atoms with Gasteiger partial charge in [-0.3, -0.25) is 29.0 Å². The van der Waals surface area contributed by atoms with E-state index in [1.54, 1.807) is 0 Å². The maximum atomic E-state index is 14.0. The maximum Gasteiger partial charge on any atom is 0.320 e. The second kappa shape index (κ2) is 43.9. The number of nitrogens with one attached hydrogen (secondary N) is 3. The van der Waals surface area contributed by atoms with E-state index in [4.69, 9.17) is 31.8 Å². The van der Waals surface area contributed by atoms with E-state index in [2.05, 4.69) is 34.8 Å². The summed E-state index contributed by atoms with van der Waals surface area (Å²) in [5, 5.41) is 56.4. The third kappa shape index (κ3) is 35.2. The largest absolute Gasteiger partial charge is 0.481 e. The van der Waals surface area contributed by atoms with Crippen molar-refractivity contribution in [2.24, 2.45) is 28.1 Å². The van der Waals surface area contributed by atoms with E-state index >= 15 is 0 Å². The molecule has 1 aliphatic heterocycles. The van der Waals surface area contributed by atoms with Gasteiger partial charge in [0.2, 0.25) is 17.7 Å². The summed E-state index contributed by atoms with van der Waals surface area (Å²) < 4.78 is 11.3. The molecule has 14 N–H and O–H groups in total. The molecule has 0 aliphatic carbocycles. The van der Waals surface area contributed by atoms with Crippen LogP contribution < -0.4 is 33.2 Å². The molecule has 0 radical (unpaired) electrons. The minimum Gasteiger partial charge on any atom is -0.481 e. The topological polar surface area (TPSA) is 331 Å². The first-order chi connectivity index (χ1) is 34.0. The smallest absolute Gasteiger partial charge is 0.320 e. The lowest BCUT2D eigenvalue weighted by molar-refractivity contribution is -0.181. The highest BCUT2D eigenvalue weighted by atomic mass is 16.7. The van der Waals surface area contributed by atoms with Crippen LogP contribution in [0.4, 0.5) is 0 Å². The second-order valence-corrected chi connectivity index (χ2v) is 19.5. The fourth-order valence-electron chi connectivity index (χ4n) is 8.54. The molecule has 71 heavy (non-hydrogen) atoms. The van der Waals surface area contributed by atoms with Crippen molar-refractivity contribution in [1.82, 2.24) is 16.0 Å². The molecule has 19 heteroatoms. The van der Waals surface area contributed by atoms with Crippen LogP contribution >= 0.6 is 0 Å². The Kier molecular flexibility index (Phi) is 41.7. The number of rotatable bonds is 44. The van der Waals surface area contributed by atoms with Crippen LogP contribution in [-0.2, 0) is 33.4 Å². The zero-order chi connectivity index (χ0) is 53.2. The summed E-state index contributed by atoms with van der Waals surface area (Å²) in [7, 11) is 1.38. The van der Waals surface area contributed by atoms with Crippen LogP contribution in [0.2, 0.25) is 0 Å². The van der Waals surface area contributed by atoms with Crippen LogP contribution in [0.25, 0.3) is 0 Å². The number of hydrogen-bond donors (Lipinski definition) is 11. The number of aliphatic hydroxyl groups excluding tert-OH is 3. The van der Waals surface area contributed by atoms with Gasteiger partial charge in [0.15, 0.2) is 12.2 Å². The molecule has 1 rings (SSSR count). The number of carboxylic acid groups (broad SMARTS) is 2. The number of amides is 3. The zero-order valence-electron chi connectivity index (χ0n) is 44.3. The number of hydrogen-bond acceptors (Lipinski definition) is 12. The van der Waals surface area contributed by atoms with Gasteiger partial charge in [-0.25, -0.2) is 0 Å². The third-order valence-corrected chi connectivity index (χ3v) is 13.0. The first-order valence-electron chi connectivity index (χ1n) is 27.4. The van der Waals surface area contributed by atoms with E-state index < -0.39 is 79.2 Å². The van der Waals surface area contributed by atoms with Gasteiger partial charge in [-0.1, -0.05) is 174 Å². The molecule has 1 unspecified atom stereocenters. The lowest BCUT2D eigenvalue weighted by Gasteiger charge is -2.26. The number of aliphatic carboxylic acids is 2. The molecule has 0 aromatic heterocycles. The average Bonchev–Trinajstić information content (AvgIpc) is 3.62. The summed E-state index contributed by atoms with van der Waals surface area (Å²) in [4.78, 5) is 65.6. The van der Waals surface area contributed by atoms with E-state index in [1.807, 2.05) is 0 Å². The molecular weight excluding hydrogens is 915 g/mol. The predicted octanol–water partition coefficient (Wildman–Crippen LogP) is 6.05. The molecule has 0 spiro atoms. The summed E-state index contributed by atoms with van der Waals surface area (Å²) in [5.41, 5.74) is 15.3. The van der Waals surface area contributed by atoms with Gasteiger partial charge < -0.3 is 68.2 Å². The fourth-order valence-corrected chi connectivity index (χ4v) is 8.54. The van der Waals surface area contributed by atoms with E-state index in [9.17, 15) is 44.4 Å². The molecule has 1 saturated heterocycles. The van der Waals surface area contributed by atoms with E-state index in [0.29, 0.717) is 32.2 Å². The van der Waals surface area contributed by atoms with Gasteiger partial charge in [0.25, 0.3) is 0 Å². The Balaban J connectivity index is 0.00000357. The molecule has 1 fully saturated rings. The minimum atomic E-state index is -1.52. The van der Waals surface area contributed by atoms with Crippen LogP contribution in [0.15, 0.2) is 4.99 Å². The fraction of sp³-hybridized carbons (Fsp3) is 0.885. The van der Waals surface area contributed by atoms with E-state index in [1.165, 1.54) is 136 Å². The summed E-state index contributed by atoms with van der Waals surface area (Å²) in [6, 6.07) is -3.33. The van der Waals surface area contributed by atoms with Gasteiger partial charge in [-0.2, -0.15) is 0 Å². The Morgan fingerprint density at radius 2 is 1.04 bits per heavy atom. The number of ether oxygens (including phenoxy) is 2. The van der Waals surface area contributed by atoms with Crippen molar-refractivity contribution in [3.63, 3.8) is 0 Å². The number of guanidine groups is 1. The number of unbranched alkanes of at least 4 members (excludes halogenated alkanes) is 23. The summed E-state index contributed by atoms with van der Waals surface area (Å²) in [6.45, 7) is 5.84. The number of carbonyl (C=O) groups excluding carboxylic acids is 3. The van der Waals surface area contributed by atoms with Crippen molar-refractivity contribution in [3.05, 3.63) is 0 Å². The highest BCUT2D eigenvalue weighted by molar-refractivity contribution is 5.92. The molecular formula is C52H101N7O12. The lowest BCUT2D eigenvalue weighted by Crippen LogP contribution is -2.56. The molecule has 9 atom stereocenters.